The third kappa shape index (κ3) is 4.24. The fourth-order valence-corrected chi connectivity index (χ4v) is 3.25. The lowest BCUT2D eigenvalue weighted by atomic mass is 9.76. The van der Waals surface area contributed by atoms with Crippen molar-refractivity contribution in [1.29, 1.82) is 0 Å². The maximum Gasteiger partial charge on any atom is 0.311 e. The molecule has 0 aliphatic carbocycles. The number of carbonyl (C=O) groups is 2. The number of rotatable bonds is 6. The highest BCUT2D eigenvalue weighted by molar-refractivity contribution is 6.30. The summed E-state index contributed by atoms with van der Waals surface area (Å²) in [4.78, 5) is 26.1. The average Bonchev–Trinajstić information content (AvgIpc) is 2.55. The number of ether oxygens (including phenoxy) is 1. The van der Waals surface area contributed by atoms with Gasteiger partial charge in [-0.3, -0.25) is 9.59 Å². The van der Waals surface area contributed by atoms with E-state index < -0.39 is 11.4 Å². The summed E-state index contributed by atoms with van der Waals surface area (Å²) in [6.07, 6.45) is 2.47. The predicted molar refractivity (Wildman–Crippen MR) is 87.8 cm³/mol. The highest BCUT2D eigenvalue weighted by Crippen LogP contribution is 2.35. The number of amides is 1. The number of aliphatic carboxylic acids is 1. The molecule has 6 heteroatoms. The molecule has 1 heterocycles. The van der Waals surface area contributed by atoms with Gasteiger partial charge < -0.3 is 14.7 Å². The molecule has 1 atom stereocenters. The monoisotopic (exact) mass is 339 g/mol. The molecule has 1 aromatic carbocycles. The summed E-state index contributed by atoms with van der Waals surface area (Å²) in [6, 6.07) is 6.68. The van der Waals surface area contributed by atoms with Crippen molar-refractivity contribution in [2.24, 2.45) is 5.41 Å². The molecule has 126 valence electrons. The van der Waals surface area contributed by atoms with E-state index in [9.17, 15) is 14.7 Å². The summed E-state index contributed by atoms with van der Waals surface area (Å²) in [5.74, 6) is -0.971. The van der Waals surface area contributed by atoms with Crippen LogP contribution in [0.1, 0.15) is 36.0 Å². The lowest BCUT2D eigenvalue weighted by Gasteiger charge is -2.40. The zero-order valence-corrected chi connectivity index (χ0v) is 14.0. The molecule has 1 amide bonds. The molecule has 0 spiro atoms. The number of carboxylic acids is 1. The molecular formula is C17H22ClNO4. The van der Waals surface area contributed by atoms with E-state index in [1.807, 2.05) is 0 Å². The Morgan fingerprint density at radius 3 is 2.65 bits per heavy atom. The Kier molecular flexibility index (Phi) is 6.02. The topological polar surface area (TPSA) is 66.8 Å². The van der Waals surface area contributed by atoms with Crippen molar-refractivity contribution >= 4 is 23.5 Å². The van der Waals surface area contributed by atoms with E-state index in [4.69, 9.17) is 16.3 Å². The molecule has 1 N–H and O–H groups in total. The van der Waals surface area contributed by atoms with Crippen molar-refractivity contribution < 1.29 is 19.4 Å². The zero-order chi connectivity index (χ0) is 16.9. The maximum atomic E-state index is 12.6. The third-order valence-electron chi connectivity index (χ3n) is 4.41. The van der Waals surface area contributed by atoms with E-state index in [1.165, 1.54) is 0 Å². The molecule has 0 bridgehead atoms. The molecule has 2 rings (SSSR count). The number of halogens is 1. The molecule has 1 aromatic rings. The van der Waals surface area contributed by atoms with Gasteiger partial charge in [-0.2, -0.15) is 0 Å². The van der Waals surface area contributed by atoms with Gasteiger partial charge in [0.2, 0.25) is 0 Å². The normalized spacial score (nSPS) is 21.2. The van der Waals surface area contributed by atoms with E-state index in [2.05, 4.69) is 0 Å². The van der Waals surface area contributed by atoms with Crippen LogP contribution in [0.15, 0.2) is 24.3 Å². The first-order valence-electron chi connectivity index (χ1n) is 7.76. The van der Waals surface area contributed by atoms with Crippen LogP contribution in [0, 0.1) is 5.41 Å². The Morgan fingerprint density at radius 2 is 2.04 bits per heavy atom. The number of methoxy groups -OCH3 is 1. The van der Waals surface area contributed by atoms with Crippen LogP contribution in [-0.4, -0.2) is 48.7 Å². The number of nitrogens with zero attached hydrogens (tertiary/aromatic N) is 1. The van der Waals surface area contributed by atoms with Crippen molar-refractivity contribution in [2.75, 3.05) is 26.8 Å². The summed E-state index contributed by atoms with van der Waals surface area (Å²) in [5, 5.41) is 10.3. The van der Waals surface area contributed by atoms with Gasteiger partial charge in [0.05, 0.1) is 5.41 Å². The molecule has 0 aromatic heterocycles. The van der Waals surface area contributed by atoms with Gasteiger partial charge in [-0.1, -0.05) is 11.6 Å². The fraction of sp³-hybridized carbons (Fsp3) is 0.529. The van der Waals surface area contributed by atoms with Gasteiger partial charge in [0, 0.05) is 37.4 Å². The van der Waals surface area contributed by atoms with Crippen molar-refractivity contribution in [1.82, 2.24) is 4.90 Å². The largest absolute Gasteiger partial charge is 0.481 e. The second-order valence-electron chi connectivity index (χ2n) is 6.02. The summed E-state index contributed by atoms with van der Waals surface area (Å²) >= 11 is 5.85. The van der Waals surface area contributed by atoms with Crippen molar-refractivity contribution in [3.05, 3.63) is 34.9 Å². The van der Waals surface area contributed by atoms with Gasteiger partial charge in [0.15, 0.2) is 0 Å². The lowest BCUT2D eigenvalue weighted by molar-refractivity contribution is -0.152. The van der Waals surface area contributed by atoms with E-state index in [-0.39, 0.29) is 12.5 Å². The minimum Gasteiger partial charge on any atom is -0.481 e. The van der Waals surface area contributed by atoms with Crippen LogP contribution in [-0.2, 0) is 9.53 Å². The third-order valence-corrected chi connectivity index (χ3v) is 4.66. The first-order valence-corrected chi connectivity index (χ1v) is 8.13. The molecule has 0 saturated carbocycles. The molecule has 23 heavy (non-hydrogen) atoms. The molecule has 0 unspecified atom stereocenters. The van der Waals surface area contributed by atoms with E-state index in [0.29, 0.717) is 49.4 Å². The Hall–Kier alpha value is -1.59. The number of carbonyl (C=O) groups excluding carboxylic acids is 1. The van der Waals surface area contributed by atoms with Crippen LogP contribution >= 0.6 is 11.6 Å². The first-order chi connectivity index (χ1) is 11.0. The summed E-state index contributed by atoms with van der Waals surface area (Å²) in [6.45, 7) is 1.36. The molecular weight excluding hydrogens is 318 g/mol. The molecule has 1 saturated heterocycles. The van der Waals surface area contributed by atoms with Gasteiger partial charge in [0.25, 0.3) is 5.91 Å². The Morgan fingerprint density at radius 1 is 1.35 bits per heavy atom. The Bertz CT molecular complexity index is 560. The van der Waals surface area contributed by atoms with Crippen LogP contribution < -0.4 is 0 Å². The van der Waals surface area contributed by atoms with E-state index in [0.717, 1.165) is 0 Å². The second kappa shape index (κ2) is 7.79. The van der Waals surface area contributed by atoms with Crippen LogP contribution in [0.4, 0.5) is 0 Å². The Balaban J connectivity index is 2.12. The molecule has 0 radical (unpaired) electrons. The highest BCUT2D eigenvalue weighted by atomic mass is 35.5. The van der Waals surface area contributed by atoms with Crippen LogP contribution in [0.3, 0.4) is 0 Å². The fourth-order valence-electron chi connectivity index (χ4n) is 3.12. The molecule has 5 nitrogen and oxygen atoms in total. The second-order valence-corrected chi connectivity index (χ2v) is 6.46. The first kappa shape index (κ1) is 17.8. The minimum absolute atomic E-state index is 0.140. The standard InChI is InChI=1S/C17H22ClNO4/c1-23-11-3-9-17(16(21)22)8-2-10-19(12-17)15(20)13-4-6-14(18)7-5-13/h4-7H,2-3,8-12H2,1H3,(H,21,22)/t17-/m1/s1. The number of likely N-dealkylation sites (tertiary alicyclic amines) is 1. The average molecular weight is 340 g/mol. The highest BCUT2D eigenvalue weighted by Gasteiger charge is 2.43. The van der Waals surface area contributed by atoms with Gasteiger partial charge in [0.1, 0.15) is 0 Å². The lowest BCUT2D eigenvalue weighted by Crippen LogP contribution is -2.50. The molecule has 1 aliphatic heterocycles. The van der Waals surface area contributed by atoms with Gasteiger partial charge in [-0.15, -0.1) is 0 Å². The van der Waals surface area contributed by atoms with Crippen LogP contribution in [0.25, 0.3) is 0 Å². The Labute approximate surface area is 141 Å². The number of piperidine rings is 1. The predicted octanol–water partition coefficient (Wildman–Crippen LogP) is 3.07. The quantitative estimate of drug-likeness (QED) is 0.809. The summed E-state index contributed by atoms with van der Waals surface area (Å²) in [7, 11) is 1.60. The maximum absolute atomic E-state index is 12.6. The van der Waals surface area contributed by atoms with E-state index in [1.54, 1.807) is 36.3 Å². The number of carboxylic acid groups (broad SMARTS) is 1. The van der Waals surface area contributed by atoms with Crippen molar-refractivity contribution in [3.63, 3.8) is 0 Å². The number of benzene rings is 1. The summed E-state index contributed by atoms with van der Waals surface area (Å²) < 4.78 is 5.03. The van der Waals surface area contributed by atoms with Gasteiger partial charge >= 0.3 is 5.97 Å². The minimum atomic E-state index is -0.876. The molecule has 1 aliphatic rings. The van der Waals surface area contributed by atoms with Crippen molar-refractivity contribution in [2.45, 2.75) is 25.7 Å². The van der Waals surface area contributed by atoms with Gasteiger partial charge in [-0.25, -0.2) is 0 Å². The van der Waals surface area contributed by atoms with Crippen LogP contribution in [0.5, 0.6) is 0 Å². The molecule has 1 fully saturated rings. The van der Waals surface area contributed by atoms with E-state index >= 15 is 0 Å². The summed E-state index contributed by atoms with van der Waals surface area (Å²) in [5.41, 5.74) is -0.341. The van der Waals surface area contributed by atoms with Crippen LogP contribution in [0.2, 0.25) is 5.02 Å². The SMILES string of the molecule is COCCC[C@]1(C(=O)O)CCCN(C(=O)c2ccc(Cl)cc2)C1. The smallest absolute Gasteiger partial charge is 0.311 e. The number of hydrogen-bond acceptors (Lipinski definition) is 3. The van der Waals surface area contributed by atoms with Crippen molar-refractivity contribution in [3.8, 4) is 0 Å². The number of hydrogen-bond donors (Lipinski definition) is 1. The van der Waals surface area contributed by atoms with Gasteiger partial charge in [-0.05, 0) is 49.9 Å². The zero-order valence-electron chi connectivity index (χ0n) is 13.3.